The number of hydrogen-bond donors (Lipinski definition) is 0. The van der Waals surface area contributed by atoms with Gasteiger partial charge in [-0.1, -0.05) is 55.5 Å². The van der Waals surface area contributed by atoms with Crippen LogP contribution in [0.1, 0.15) is 18.2 Å². The standard InChI is InChI=1S/C21H19N3/c1-3-17-15(2)24(23-21(17)16-9-5-4-6-10-16)20-13-14-22-19-12-8-7-11-18(19)20/h4-14H,3H2,1-2H3. The number of rotatable bonds is 3. The maximum atomic E-state index is 4.96. The molecule has 2 aromatic heterocycles. The fourth-order valence-corrected chi connectivity index (χ4v) is 3.29. The molecule has 0 unspecified atom stereocenters. The molecule has 0 saturated heterocycles. The van der Waals surface area contributed by atoms with Crippen molar-refractivity contribution < 1.29 is 0 Å². The Kier molecular flexibility index (Phi) is 3.62. The molecule has 0 atom stereocenters. The summed E-state index contributed by atoms with van der Waals surface area (Å²) in [6, 6.07) is 20.6. The first-order valence-corrected chi connectivity index (χ1v) is 8.27. The van der Waals surface area contributed by atoms with E-state index in [4.69, 9.17) is 5.10 Å². The molecule has 3 nitrogen and oxygen atoms in total. The summed E-state index contributed by atoms with van der Waals surface area (Å²) in [4.78, 5) is 4.46. The van der Waals surface area contributed by atoms with Gasteiger partial charge in [-0.15, -0.1) is 0 Å². The lowest BCUT2D eigenvalue weighted by Gasteiger charge is -2.08. The second kappa shape index (κ2) is 5.93. The van der Waals surface area contributed by atoms with Crippen LogP contribution in [0.2, 0.25) is 0 Å². The highest BCUT2D eigenvalue weighted by Gasteiger charge is 2.17. The van der Waals surface area contributed by atoms with E-state index in [0.29, 0.717) is 0 Å². The monoisotopic (exact) mass is 313 g/mol. The molecule has 4 rings (SSSR count). The van der Waals surface area contributed by atoms with Gasteiger partial charge in [-0.25, -0.2) is 4.68 Å². The van der Waals surface area contributed by atoms with Crippen LogP contribution in [0, 0.1) is 6.92 Å². The molecule has 0 bridgehead atoms. The molecule has 0 fully saturated rings. The third kappa shape index (κ3) is 2.29. The van der Waals surface area contributed by atoms with Crippen molar-refractivity contribution in [1.29, 1.82) is 0 Å². The predicted octanol–water partition coefficient (Wildman–Crippen LogP) is 4.96. The fourth-order valence-electron chi connectivity index (χ4n) is 3.29. The molecule has 3 heteroatoms. The largest absolute Gasteiger partial charge is 0.256 e. The number of aromatic nitrogens is 3. The van der Waals surface area contributed by atoms with Gasteiger partial charge < -0.3 is 0 Å². The normalized spacial score (nSPS) is 11.1. The zero-order chi connectivity index (χ0) is 16.5. The minimum atomic E-state index is 0.957. The Bertz CT molecular complexity index is 995. The quantitative estimate of drug-likeness (QED) is 0.535. The van der Waals surface area contributed by atoms with Gasteiger partial charge in [0.1, 0.15) is 0 Å². The molecule has 0 radical (unpaired) electrons. The van der Waals surface area contributed by atoms with Crippen molar-refractivity contribution in [1.82, 2.24) is 14.8 Å². The molecule has 118 valence electrons. The number of fused-ring (bicyclic) bond motifs is 1. The number of pyridine rings is 1. The maximum Gasteiger partial charge on any atom is 0.0962 e. The first kappa shape index (κ1) is 14.6. The smallest absolute Gasteiger partial charge is 0.0962 e. The summed E-state index contributed by atoms with van der Waals surface area (Å²) in [5.41, 5.74) is 6.78. The van der Waals surface area contributed by atoms with Crippen LogP contribution >= 0.6 is 0 Å². The zero-order valence-corrected chi connectivity index (χ0v) is 13.9. The molecule has 2 heterocycles. The van der Waals surface area contributed by atoms with E-state index in [1.807, 2.05) is 36.5 Å². The van der Waals surface area contributed by atoms with E-state index in [-0.39, 0.29) is 0 Å². The van der Waals surface area contributed by atoms with E-state index in [1.54, 1.807) is 0 Å². The first-order valence-electron chi connectivity index (χ1n) is 8.27. The van der Waals surface area contributed by atoms with E-state index in [9.17, 15) is 0 Å². The van der Waals surface area contributed by atoms with E-state index >= 15 is 0 Å². The molecule has 0 amide bonds. The van der Waals surface area contributed by atoms with Gasteiger partial charge in [-0.05, 0) is 25.5 Å². The summed E-state index contributed by atoms with van der Waals surface area (Å²) in [5, 5.41) is 6.08. The van der Waals surface area contributed by atoms with Gasteiger partial charge in [0.15, 0.2) is 0 Å². The van der Waals surface area contributed by atoms with Crippen LogP contribution in [0.5, 0.6) is 0 Å². The molecular formula is C21H19N3. The molecule has 0 aliphatic heterocycles. The third-order valence-electron chi connectivity index (χ3n) is 4.50. The van der Waals surface area contributed by atoms with Gasteiger partial charge in [0.2, 0.25) is 0 Å². The minimum absolute atomic E-state index is 0.957. The topological polar surface area (TPSA) is 30.7 Å². The van der Waals surface area contributed by atoms with Crippen molar-refractivity contribution in [2.24, 2.45) is 0 Å². The van der Waals surface area contributed by atoms with Gasteiger partial charge in [-0.3, -0.25) is 4.98 Å². The van der Waals surface area contributed by atoms with E-state index in [2.05, 4.69) is 53.8 Å². The highest BCUT2D eigenvalue weighted by atomic mass is 15.3. The lowest BCUT2D eigenvalue weighted by molar-refractivity contribution is 0.851. The van der Waals surface area contributed by atoms with Gasteiger partial charge in [0.05, 0.1) is 16.9 Å². The molecule has 0 N–H and O–H groups in total. The molecule has 0 aliphatic rings. The van der Waals surface area contributed by atoms with Crippen LogP contribution in [-0.2, 0) is 6.42 Å². The van der Waals surface area contributed by atoms with Crippen molar-refractivity contribution in [2.75, 3.05) is 0 Å². The van der Waals surface area contributed by atoms with Crippen molar-refractivity contribution in [2.45, 2.75) is 20.3 Å². The average molecular weight is 313 g/mol. The number of nitrogens with zero attached hydrogens (tertiary/aromatic N) is 3. The van der Waals surface area contributed by atoms with Crippen LogP contribution in [-0.4, -0.2) is 14.8 Å². The van der Waals surface area contributed by atoms with Crippen molar-refractivity contribution in [3.8, 4) is 16.9 Å². The Morgan fingerprint density at radius 2 is 1.67 bits per heavy atom. The van der Waals surface area contributed by atoms with Crippen molar-refractivity contribution in [3.63, 3.8) is 0 Å². The molecule has 2 aromatic carbocycles. The van der Waals surface area contributed by atoms with Crippen molar-refractivity contribution >= 4 is 10.9 Å². The number of para-hydroxylation sites is 1. The van der Waals surface area contributed by atoms with E-state index in [1.165, 1.54) is 11.3 Å². The van der Waals surface area contributed by atoms with Crippen LogP contribution in [0.4, 0.5) is 0 Å². The average Bonchev–Trinajstić information content (AvgIpc) is 2.98. The minimum Gasteiger partial charge on any atom is -0.256 e. The summed E-state index contributed by atoms with van der Waals surface area (Å²) in [6.45, 7) is 4.33. The Hall–Kier alpha value is -2.94. The Morgan fingerprint density at radius 1 is 0.917 bits per heavy atom. The summed E-state index contributed by atoms with van der Waals surface area (Å²) in [7, 11) is 0. The third-order valence-corrected chi connectivity index (χ3v) is 4.50. The van der Waals surface area contributed by atoms with E-state index in [0.717, 1.165) is 34.3 Å². The van der Waals surface area contributed by atoms with Gasteiger partial charge >= 0.3 is 0 Å². The molecule has 0 aliphatic carbocycles. The molecule has 0 saturated carbocycles. The zero-order valence-electron chi connectivity index (χ0n) is 13.9. The molecular weight excluding hydrogens is 294 g/mol. The van der Waals surface area contributed by atoms with Gasteiger partial charge in [0.25, 0.3) is 0 Å². The molecule has 24 heavy (non-hydrogen) atoms. The number of hydrogen-bond acceptors (Lipinski definition) is 2. The van der Waals surface area contributed by atoms with Crippen molar-refractivity contribution in [3.05, 3.63) is 78.1 Å². The summed E-state index contributed by atoms with van der Waals surface area (Å²) in [6.07, 6.45) is 2.81. The Balaban J connectivity index is 1.98. The van der Waals surface area contributed by atoms with Gasteiger partial charge in [-0.2, -0.15) is 5.10 Å². The lowest BCUT2D eigenvalue weighted by Crippen LogP contribution is -2.01. The second-order valence-corrected chi connectivity index (χ2v) is 5.89. The van der Waals surface area contributed by atoms with Crippen LogP contribution in [0.25, 0.3) is 27.8 Å². The number of benzene rings is 2. The highest BCUT2D eigenvalue weighted by molar-refractivity contribution is 5.87. The fraction of sp³-hybridized carbons (Fsp3) is 0.143. The Labute approximate surface area is 141 Å². The SMILES string of the molecule is CCc1c(-c2ccccc2)nn(-c2ccnc3ccccc23)c1C. The van der Waals surface area contributed by atoms with Crippen LogP contribution in [0.3, 0.4) is 0 Å². The first-order chi connectivity index (χ1) is 11.8. The summed E-state index contributed by atoms with van der Waals surface area (Å²) >= 11 is 0. The van der Waals surface area contributed by atoms with Gasteiger partial charge in [0, 0.05) is 28.4 Å². The summed E-state index contributed by atoms with van der Waals surface area (Å²) in [5.74, 6) is 0. The second-order valence-electron chi connectivity index (χ2n) is 5.89. The predicted molar refractivity (Wildman–Crippen MR) is 98.4 cm³/mol. The Morgan fingerprint density at radius 3 is 2.46 bits per heavy atom. The summed E-state index contributed by atoms with van der Waals surface area (Å²) < 4.78 is 2.06. The molecule has 0 spiro atoms. The van der Waals surface area contributed by atoms with Crippen LogP contribution < -0.4 is 0 Å². The van der Waals surface area contributed by atoms with Crippen LogP contribution in [0.15, 0.2) is 66.9 Å². The molecule has 4 aromatic rings. The maximum absolute atomic E-state index is 4.96. The lowest BCUT2D eigenvalue weighted by atomic mass is 10.0. The highest BCUT2D eigenvalue weighted by Crippen LogP contribution is 2.29. The van der Waals surface area contributed by atoms with E-state index < -0.39 is 0 Å².